The van der Waals surface area contributed by atoms with Gasteiger partial charge in [-0.15, -0.1) is 0 Å². The third kappa shape index (κ3) is 2.11. The van der Waals surface area contributed by atoms with Crippen LogP contribution in [0.4, 0.5) is 0 Å². The molecule has 5 nitrogen and oxygen atoms in total. The number of hydrogen-bond acceptors (Lipinski definition) is 4. The van der Waals surface area contributed by atoms with Crippen molar-refractivity contribution in [1.29, 1.82) is 0 Å². The van der Waals surface area contributed by atoms with E-state index in [1.807, 2.05) is 11.8 Å². The van der Waals surface area contributed by atoms with E-state index >= 15 is 0 Å². The first kappa shape index (κ1) is 8.83. The van der Waals surface area contributed by atoms with Gasteiger partial charge in [0.25, 0.3) is 6.20 Å². The maximum atomic E-state index is 10.2. The molecular weight excluding hydrogens is 158 g/mol. The normalized spacial score (nSPS) is 20.8. The van der Waals surface area contributed by atoms with Crippen LogP contribution in [0, 0.1) is 10.1 Å². The molecular formula is C7H13N3O2. The first-order valence-corrected chi connectivity index (χ1v) is 4.08. The summed E-state index contributed by atoms with van der Waals surface area (Å²) in [5, 5.41) is 13.2. The van der Waals surface area contributed by atoms with E-state index in [4.69, 9.17) is 0 Å². The molecule has 1 aliphatic rings. The van der Waals surface area contributed by atoms with Crippen LogP contribution >= 0.6 is 0 Å². The maximum Gasteiger partial charge on any atom is 0.274 e. The molecule has 1 rings (SSSR count). The van der Waals surface area contributed by atoms with E-state index in [9.17, 15) is 10.1 Å². The molecule has 0 atom stereocenters. The van der Waals surface area contributed by atoms with Gasteiger partial charge in [-0.25, -0.2) is 0 Å². The molecule has 1 heterocycles. The Labute approximate surface area is 71.2 Å². The molecule has 5 heteroatoms. The van der Waals surface area contributed by atoms with Gasteiger partial charge in [0.05, 0.1) is 4.92 Å². The fraction of sp³-hybridized carbons (Fsp3) is 0.714. The molecule has 0 aromatic carbocycles. The molecule has 0 aromatic heterocycles. The average Bonchev–Trinajstić information content (AvgIpc) is 2.04. The molecule has 12 heavy (non-hydrogen) atoms. The summed E-state index contributed by atoms with van der Waals surface area (Å²) >= 11 is 0. The third-order valence-electron chi connectivity index (χ3n) is 1.86. The van der Waals surface area contributed by atoms with E-state index in [-0.39, 0.29) is 0 Å². The van der Waals surface area contributed by atoms with Crippen molar-refractivity contribution in [3.05, 3.63) is 22.1 Å². The number of hydrogen-bond donors (Lipinski definition) is 1. The Kier molecular flexibility index (Phi) is 2.90. The highest BCUT2D eigenvalue weighted by atomic mass is 16.6. The standard InChI is InChI=1S/C7H13N3O2/c1-2-9-5-3-4-8-7(9)6-10(11)12/h6,8H,2-5H2,1H3/b7-6-. The summed E-state index contributed by atoms with van der Waals surface area (Å²) in [4.78, 5) is 11.7. The van der Waals surface area contributed by atoms with Gasteiger partial charge in [0.1, 0.15) is 0 Å². The smallest absolute Gasteiger partial charge is 0.274 e. The van der Waals surface area contributed by atoms with E-state index in [1.54, 1.807) is 0 Å². The predicted octanol–water partition coefficient (Wildman–Crippen LogP) is 0.377. The van der Waals surface area contributed by atoms with Gasteiger partial charge in [-0.1, -0.05) is 0 Å². The molecule has 1 N–H and O–H groups in total. The van der Waals surface area contributed by atoms with Crippen LogP contribution < -0.4 is 5.32 Å². The molecule has 0 spiro atoms. The van der Waals surface area contributed by atoms with Crippen LogP contribution in [0.5, 0.6) is 0 Å². The summed E-state index contributed by atoms with van der Waals surface area (Å²) in [6, 6.07) is 0. The summed E-state index contributed by atoms with van der Waals surface area (Å²) in [5.41, 5.74) is 0. The Morgan fingerprint density at radius 2 is 2.58 bits per heavy atom. The summed E-state index contributed by atoms with van der Waals surface area (Å²) in [7, 11) is 0. The second-order valence-corrected chi connectivity index (χ2v) is 2.66. The summed E-state index contributed by atoms with van der Waals surface area (Å²) in [6.45, 7) is 4.53. The quantitative estimate of drug-likeness (QED) is 0.482. The van der Waals surface area contributed by atoms with E-state index in [2.05, 4.69) is 5.32 Å². The van der Waals surface area contributed by atoms with Crippen LogP contribution in [0.1, 0.15) is 13.3 Å². The molecule has 0 aromatic rings. The zero-order chi connectivity index (χ0) is 8.97. The van der Waals surface area contributed by atoms with Gasteiger partial charge in [-0.3, -0.25) is 10.1 Å². The van der Waals surface area contributed by atoms with Crippen LogP contribution in [-0.4, -0.2) is 29.5 Å². The molecule has 1 saturated heterocycles. The highest BCUT2D eigenvalue weighted by Gasteiger charge is 2.14. The van der Waals surface area contributed by atoms with Crippen molar-refractivity contribution in [3.8, 4) is 0 Å². The van der Waals surface area contributed by atoms with Crippen LogP contribution in [0.3, 0.4) is 0 Å². The minimum atomic E-state index is -0.420. The lowest BCUT2D eigenvalue weighted by Gasteiger charge is -2.29. The lowest BCUT2D eigenvalue weighted by molar-refractivity contribution is -0.404. The van der Waals surface area contributed by atoms with E-state index in [0.29, 0.717) is 5.82 Å². The first-order valence-electron chi connectivity index (χ1n) is 4.08. The minimum Gasteiger partial charge on any atom is -0.367 e. The predicted molar refractivity (Wildman–Crippen MR) is 44.9 cm³/mol. The minimum absolute atomic E-state index is 0.420. The summed E-state index contributed by atoms with van der Waals surface area (Å²) < 4.78 is 0. The van der Waals surface area contributed by atoms with Crippen LogP contribution in [0.15, 0.2) is 12.0 Å². The topological polar surface area (TPSA) is 58.4 Å². The zero-order valence-corrected chi connectivity index (χ0v) is 7.12. The van der Waals surface area contributed by atoms with Crippen molar-refractivity contribution in [3.63, 3.8) is 0 Å². The van der Waals surface area contributed by atoms with E-state index < -0.39 is 4.92 Å². The highest BCUT2D eigenvalue weighted by Crippen LogP contribution is 2.06. The number of nitrogens with zero attached hydrogens (tertiary/aromatic N) is 2. The largest absolute Gasteiger partial charge is 0.367 e. The fourth-order valence-corrected chi connectivity index (χ4v) is 1.27. The highest BCUT2D eigenvalue weighted by molar-refractivity contribution is 4.97. The molecule has 1 aliphatic heterocycles. The Balaban J connectivity index is 2.64. The first-order chi connectivity index (χ1) is 5.74. The van der Waals surface area contributed by atoms with Crippen molar-refractivity contribution in [1.82, 2.24) is 10.2 Å². The zero-order valence-electron chi connectivity index (χ0n) is 7.12. The molecule has 68 valence electrons. The van der Waals surface area contributed by atoms with Crippen molar-refractivity contribution in [2.24, 2.45) is 0 Å². The van der Waals surface area contributed by atoms with Gasteiger partial charge in [-0.05, 0) is 13.3 Å². The fourth-order valence-electron chi connectivity index (χ4n) is 1.27. The third-order valence-corrected chi connectivity index (χ3v) is 1.86. The van der Waals surface area contributed by atoms with E-state index in [1.165, 1.54) is 0 Å². The van der Waals surface area contributed by atoms with Crippen LogP contribution in [0.2, 0.25) is 0 Å². The maximum absolute atomic E-state index is 10.2. The second-order valence-electron chi connectivity index (χ2n) is 2.66. The number of nitro groups is 1. The molecule has 0 saturated carbocycles. The summed E-state index contributed by atoms with van der Waals surface area (Å²) in [6.07, 6.45) is 2.07. The lowest BCUT2D eigenvalue weighted by atomic mass is 10.3. The van der Waals surface area contributed by atoms with Crippen molar-refractivity contribution < 1.29 is 4.92 Å². The van der Waals surface area contributed by atoms with Gasteiger partial charge >= 0.3 is 0 Å². The second kappa shape index (κ2) is 3.94. The molecule has 0 unspecified atom stereocenters. The van der Waals surface area contributed by atoms with Crippen LogP contribution in [-0.2, 0) is 0 Å². The Morgan fingerprint density at radius 3 is 3.17 bits per heavy atom. The van der Waals surface area contributed by atoms with Gasteiger partial charge in [0, 0.05) is 19.6 Å². The molecule has 0 bridgehead atoms. The monoisotopic (exact) mass is 171 g/mol. The van der Waals surface area contributed by atoms with Gasteiger partial charge < -0.3 is 10.2 Å². The van der Waals surface area contributed by atoms with Crippen LogP contribution in [0.25, 0.3) is 0 Å². The number of rotatable bonds is 2. The van der Waals surface area contributed by atoms with Crippen molar-refractivity contribution >= 4 is 0 Å². The van der Waals surface area contributed by atoms with Crippen molar-refractivity contribution in [2.45, 2.75) is 13.3 Å². The Hall–Kier alpha value is -1.26. The van der Waals surface area contributed by atoms with Gasteiger partial charge in [0.2, 0.25) is 0 Å². The average molecular weight is 171 g/mol. The SMILES string of the molecule is CCN1CCCN/C1=C/[N+](=O)[O-]. The van der Waals surface area contributed by atoms with Crippen molar-refractivity contribution in [2.75, 3.05) is 19.6 Å². The lowest BCUT2D eigenvalue weighted by Crippen LogP contribution is -2.39. The molecule has 1 fully saturated rings. The molecule has 0 radical (unpaired) electrons. The van der Waals surface area contributed by atoms with E-state index in [0.717, 1.165) is 32.3 Å². The Morgan fingerprint density at radius 1 is 1.83 bits per heavy atom. The molecule has 0 amide bonds. The molecule has 0 aliphatic carbocycles. The van der Waals surface area contributed by atoms with Gasteiger partial charge in [-0.2, -0.15) is 0 Å². The Bertz CT molecular complexity index is 203. The van der Waals surface area contributed by atoms with Gasteiger partial charge in [0.15, 0.2) is 5.82 Å². The summed E-state index contributed by atoms with van der Waals surface area (Å²) in [5.74, 6) is 0.633. The number of nitrogens with one attached hydrogen (secondary N) is 1.